The highest BCUT2D eigenvalue weighted by Gasteiger charge is 2.69. The lowest BCUT2D eigenvalue weighted by Gasteiger charge is -2.28. The van der Waals surface area contributed by atoms with Gasteiger partial charge in [0.05, 0.1) is 11.2 Å². The first kappa shape index (κ1) is 9.47. The maximum absolute atomic E-state index is 9.18. The van der Waals surface area contributed by atoms with Gasteiger partial charge in [0, 0.05) is 12.0 Å². The zero-order valence-electron chi connectivity index (χ0n) is 9.05. The highest BCUT2D eigenvalue weighted by atomic mass is 16.5. The van der Waals surface area contributed by atoms with Crippen LogP contribution in [-0.4, -0.2) is 22.9 Å². The predicted molar refractivity (Wildman–Crippen MR) is 51.5 cm³/mol. The summed E-state index contributed by atoms with van der Waals surface area (Å²) >= 11 is 0. The van der Waals surface area contributed by atoms with Crippen LogP contribution in [0.4, 0.5) is 0 Å². The molecule has 76 valence electrons. The standard InChI is InChI=1S/C11H20O2/c1-9(2)7-11(5-8(11)6-12)10(3,4)13-9/h8,12H,5-7H2,1-4H3. The van der Waals surface area contributed by atoms with Gasteiger partial charge in [-0.05, 0) is 46.5 Å². The molecule has 2 rings (SSSR count). The molecule has 0 radical (unpaired) electrons. The van der Waals surface area contributed by atoms with Gasteiger partial charge in [0.2, 0.25) is 0 Å². The lowest BCUT2D eigenvalue weighted by Crippen LogP contribution is -2.32. The molecule has 0 aromatic heterocycles. The molecule has 2 atom stereocenters. The van der Waals surface area contributed by atoms with Crippen molar-refractivity contribution >= 4 is 0 Å². The van der Waals surface area contributed by atoms with Crippen LogP contribution in [0.3, 0.4) is 0 Å². The Kier molecular flexibility index (Phi) is 1.67. The maximum Gasteiger partial charge on any atom is 0.0694 e. The van der Waals surface area contributed by atoms with Crippen molar-refractivity contribution in [2.45, 2.75) is 51.7 Å². The minimum absolute atomic E-state index is 0.00653. The quantitative estimate of drug-likeness (QED) is 0.675. The first-order chi connectivity index (χ1) is 5.83. The summed E-state index contributed by atoms with van der Waals surface area (Å²) in [4.78, 5) is 0. The van der Waals surface area contributed by atoms with Crippen molar-refractivity contribution in [2.75, 3.05) is 6.61 Å². The van der Waals surface area contributed by atoms with E-state index in [0.29, 0.717) is 12.5 Å². The molecule has 1 saturated carbocycles. The van der Waals surface area contributed by atoms with E-state index >= 15 is 0 Å². The van der Waals surface area contributed by atoms with Gasteiger partial charge in [-0.3, -0.25) is 0 Å². The van der Waals surface area contributed by atoms with Crippen LogP contribution in [0.5, 0.6) is 0 Å². The van der Waals surface area contributed by atoms with E-state index in [4.69, 9.17) is 4.74 Å². The van der Waals surface area contributed by atoms with Crippen molar-refractivity contribution in [2.24, 2.45) is 11.3 Å². The van der Waals surface area contributed by atoms with Crippen molar-refractivity contribution in [3.63, 3.8) is 0 Å². The molecule has 1 spiro atoms. The van der Waals surface area contributed by atoms with Crippen molar-refractivity contribution in [3.8, 4) is 0 Å². The zero-order chi connectivity index (χ0) is 9.91. The Morgan fingerprint density at radius 2 is 1.92 bits per heavy atom. The van der Waals surface area contributed by atoms with E-state index < -0.39 is 0 Å². The number of rotatable bonds is 1. The number of aliphatic hydroxyl groups is 1. The molecule has 1 heterocycles. The lowest BCUT2D eigenvalue weighted by molar-refractivity contribution is -0.0807. The summed E-state index contributed by atoms with van der Waals surface area (Å²) in [7, 11) is 0. The molecule has 13 heavy (non-hydrogen) atoms. The third-order valence-corrected chi connectivity index (χ3v) is 3.92. The molecule has 0 bridgehead atoms. The van der Waals surface area contributed by atoms with Gasteiger partial charge in [-0.15, -0.1) is 0 Å². The minimum Gasteiger partial charge on any atom is -0.396 e. The Labute approximate surface area is 80.3 Å². The Morgan fingerprint density at radius 1 is 1.31 bits per heavy atom. The van der Waals surface area contributed by atoms with Gasteiger partial charge in [0.25, 0.3) is 0 Å². The topological polar surface area (TPSA) is 29.5 Å². The number of ether oxygens (including phenoxy) is 1. The van der Waals surface area contributed by atoms with E-state index in [-0.39, 0.29) is 16.6 Å². The van der Waals surface area contributed by atoms with E-state index in [1.165, 1.54) is 0 Å². The fourth-order valence-corrected chi connectivity index (χ4v) is 3.37. The third kappa shape index (κ3) is 1.15. The highest BCUT2D eigenvalue weighted by molar-refractivity contribution is 5.17. The van der Waals surface area contributed by atoms with Crippen molar-refractivity contribution in [1.82, 2.24) is 0 Å². The summed E-state index contributed by atoms with van der Waals surface area (Å²) in [6.45, 7) is 8.95. The molecule has 1 N–H and O–H groups in total. The first-order valence-electron chi connectivity index (χ1n) is 5.14. The molecule has 2 fully saturated rings. The Bertz CT molecular complexity index is 232. The van der Waals surface area contributed by atoms with E-state index in [9.17, 15) is 5.11 Å². The van der Waals surface area contributed by atoms with Crippen LogP contribution in [0.2, 0.25) is 0 Å². The minimum atomic E-state index is -0.0517. The average molecular weight is 184 g/mol. The summed E-state index contributed by atoms with van der Waals surface area (Å²) in [5, 5.41) is 9.18. The number of hydrogen-bond acceptors (Lipinski definition) is 2. The molecule has 1 aliphatic heterocycles. The Morgan fingerprint density at radius 3 is 2.23 bits per heavy atom. The van der Waals surface area contributed by atoms with Gasteiger partial charge >= 0.3 is 0 Å². The molecule has 2 aliphatic rings. The van der Waals surface area contributed by atoms with Crippen LogP contribution in [0.25, 0.3) is 0 Å². The van der Waals surface area contributed by atoms with Crippen LogP contribution in [0.15, 0.2) is 0 Å². The monoisotopic (exact) mass is 184 g/mol. The number of aliphatic hydroxyl groups excluding tert-OH is 1. The smallest absolute Gasteiger partial charge is 0.0694 e. The van der Waals surface area contributed by atoms with Gasteiger partial charge in [0.15, 0.2) is 0 Å². The van der Waals surface area contributed by atoms with Crippen LogP contribution in [0, 0.1) is 11.3 Å². The normalized spacial score (nSPS) is 45.5. The Hall–Kier alpha value is -0.0800. The number of hydrogen-bond donors (Lipinski definition) is 1. The van der Waals surface area contributed by atoms with Crippen LogP contribution >= 0.6 is 0 Å². The maximum atomic E-state index is 9.18. The average Bonchev–Trinajstić information content (AvgIpc) is 2.55. The van der Waals surface area contributed by atoms with Gasteiger partial charge in [-0.2, -0.15) is 0 Å². The van der Waals surface area contributed by atoms with Crippen LogP contribution in [0.1, 0.15) is 40.5 Å². The summed E-state index contributed by atoms with van der Waals surface area (Å²) < 4.78 is 6.03. The molecule has 1 saturated heterocycles. The van der Waals surface area contributed by atoms with Crippen LogP contribution < -0.4 is 0 Å². The Balaban J connectivity index is 2.23. The second-order valence-corrected chi connectivity index (χ2v) is 5.79. The molecule has 2 unspecified atom stereocenters. The van der Waals surface area contributed by atoms with E-state index in [1.807, 2.05) is 0 Å². The van der Waals surface area contributed by atoms with Crippen molar-refractivity contribution in [3.05, 3.63) is 0 Å². The lowest BCUT2D eigenvalue weighted by atomic mass is 9.82. The molecule has 1 aliphatic carbocycles. The van der Waals surface area contributed by atoms with Crippen LogP contribution in [-0.2, 0) is 4.74 Å². The van der Waals surface area contributed by atoms with Gasteiger partial charge in [-0.25, -0.2) is 0 Å². The highest BCUT2D eigenvalue weighted by Crippen LogP contribution is 2.69. The molecule has 2 heteroatoms. The predicted octanol–water partition coefficient (Wildman–Crippen LogP) is 1.96. The molecule has 0 aromatic carbocycles. The fourth-order valence-electron chi connectivity index (χ4n) is 3.37. The first-order valence-corrected chi connectivity index (χ1v) is 5.14. The van der Waals surface area contributed by atoms with E-state index in [1.54, 1.807) is 0 Å². The van der Waals surface area contributed by atoms with E-state index in [0.717, 1.165) is 12.8 Å². The summed E-state index contributed by atoms with van der Waals surface area (Å²) in [5.41, 5.74) is 0.211. The SMILES string of the molecule is CC1(C)CC2(CC2CO)C(C)(C)O1. The third-order valence-electron chi connectivity index (χ3n) is 3.92. The fraction of sp³-hybridized carbons (Fsp3) is 1.00. The summed E-state index contributed by atoms with van der Waals surface area (Å²) in [5.74, 6) is 0.476. The largest absolute Gasteiger partial charge is 0.396 e. The van der Waals surface area contributed by atoms with Gasteiger partial charge < -0.3 is 9.84 Å². The van der Waals surface area contributed by atoms with Crippen molar-refractivity contribution < 1.29 is 9.84 Å². The second kappa shape index (κ2) is 2.29. The van der Waals surface area contributed by atoms with Gasteiger partial charge in [-0.1, -0.05) is 0 Å². The van der Waals surface area contributed by atoms with E-state index in [2.05, 4.69) is 27.7 Å². The summed E-state index contributed by atoms with van der Waals surface area (Å²) in [6, 6.07) is 0. The zero-order valence-corrected chi connectivity index (χ0v) is 9.05. The molecular formula is C11H20O2. The molecule has 0 amide bonds. The second-order valence-electron chi connectivity index (χ2n) is 5.79. The molecule has 0 aromatic rings. The molecular weight excluding hydrogens is 164 g/mol. The summed E-state index contributed by atoms with van der Waals surface area (Å²) in [6.07, 6.45) is 2.23. The van der Waals surface area contributed by atoms with Crippen molar-refractivity contribution in [1.29, 1.82) is 0 Å². The molecule has 2 nitrogen and oxygen atoms in total. The van der Waals surface area contributed by atoms with Gasteiger partial charge in [0.1, 0.15) is 0 Å².